The van der Waals surface area contributed by atoms with Gasteiger partial charge in [-0.2, -0.15) is 0 Å². The number of nitrogens with two attached hydrogens (primary N) is 1. The second kappa shape index (κ2) is 7.30. The molecule has 18 heavy (non-hydrogen) atoms. The monoisotopic (exact) mass is 316 g/mol. The fourth-order valence-electron chi connectivity index (χ4n) is 1.40. The number of pyridine rings is 1. The van der Waals surface area contributed by atoms with Crippen LogP contribution in [0.4, 0.5) is 5.82 Å². The van der Waals surface area contributed by atoms with Crippen molar-refractivity contribution in [3.8, 4) is 0 Å². The fraction of sp³-hybridized carbons (Fsp3) is 0.455. The van der Waals surface area contributed by atoms with Gasteiger partial charge in [0.15, 0.2) is 5.82 Å². The standard InChI is InChI=1S/C11H17BrN4O2/c1-3-18-7(2)5-15-11(17)9-4-8(12)6-14-10(9)16-13/h4,6-7H,3,5,13H2,1-2H3,(H,14,16)(H,15,17). The summed E-state index contributed by atoms with van der Waals surface area (Å²) in [4.78, 5) is 16.0. The minimum absolute atomic E-state index is 0.0339. The highest BCUT2D eigenvalue weighted by Gasteiger charge is 2.13. The summed E-state index contributed by atoms with van der Waals surface area (Å²) in [5.74, 6) is 5.40. The zero-order chi connectivity index (χ0) is 13.5. The number of amides is 1. The molecule has 0 aliphatic rings. The number of carbonyl (C=O) groups is 1. The minimum Gasteiger partial charge on any atom is -0.377 e. The third-order valence-electron chi connectivity index (χ3n) is 2.24. The number of hydrogen-bond donors (Lipinski definition) is 3. The molecule has 0 aliphatic heterocycles. The summed E-state index contributed by atoms with van der Waals surface area (Å²) in [6.07, 6.45) is 1.53. The summed E-state index contributed by atoms with van der Waals surface area (Å²) < 4.78 is 6.04. The molecule has 0 radical (unpaired) electrons. The van der Waals surface area contributed by atoms with E-state index in [0.29, 0.717) is 29.0 Å². The normalized spacial score (nSPS) is 12.0. The number of anilines is 1. The highest BCUT2D eigenvalue weighted by molar-refractivity contribution is 9.10. The molecule has 100 valence electrons. The topological polar surface area (TPSA) is 89.3 Å². The molecule has 1 amide bonds. The van der Waals surface area contributed by atoms with Crippen LogP contribution in [0.2, 0.25) is 0 Å². The van der Waals surface area contributed by atoms with Gasteiger partial charge >= 0.3 is 0 Å². The summed E-state index contributed by atoms with van der Waals surface area (Å²) in [7, 11) is 0. The van der Waals surface area contributed by atoms with Gasteiger partial charge in [-0.05, 0) is 35.8 Å². The third kappa shape index (κ3) is 4.25. The first kappa shape index (κ1) is 14.9. The molecule has 1 atom stereocenters. The molecule has 0 bridgehead atoms. The molecule has 0 saturated carbocycles. The van der Waals surface area contributed by atoms with Crippen molar-refractivity contribution in [1.29, 1.82) is 0 Å². The van der Waals surface area contributed by atoms with E-state index in [-0.39, 0.29) is 12.0 Å². The molecule has 0 spiro atoms. The van der Waals surface area contributed by atoms with Crippen LogP contribution in [0.1, 0.15) is 24.2 Å². The maximum atomic E-state index is 12.0. The lowest BCUT2D eigenvalue weighted by molar-refractivity contribution is 0.0695. The summed E-state index contributed by atoms with van der Waals surface area (Å²) in [6, 6.07) is 1.66. The first-order valence-corrected chi connectivity index (χ1v) is 6.39. The van der Waals surface area contributed by atoms with Crippen molar-refractivity contribution in [2.24, 2.45) is 5.84 Å². The van der Waals surface area contributed by atoms with E-state index in [1.807, 2.05) is 13.8 Å². The van der Waals surface area contributed by atoms with Crippen molar-refractivity contribution in [2.75, 3.05) is 18.6 Å². The van der Waals surface area contributed by atoms with Crippen LogP contribution in [0.15, 0.2) is 16.7 Å². The number of halogens is 1. The summed E-state index contributed by atoms with van der Waals surface area (Å²) >= 11 is 3.26. The van der Waals surface area contributed by atoms with Gasteiger partial charge in [0.2, 0.25) is 0 Å². The van der Waals surface area contributed by atoms with Crippen molar-refractivity contribution in [2.45, 2.75) is 20.0 Å². The van der Waals surface area contributed by atoms with Crippen LogP contribution < -0.4 is 16.6 Å². The molecule has 0 aromatic carbocycles. The molecule has 1 heterocycles. The number of aromatic nitrogens is 1. The van der Waals surface area contributed by atoms with Crippen molar-refractivity contribution < 1.29 is 9.53 Å². The Labute approximate surface area is 114 Å². The van der Waals surface area contributed by atoms with Crippen LogP contribution in [0.5, 0.6) is 0 Å². The molecule has 0 saturated heterocycles. The van der Waals surface area contributed by atoms with E-state index >= 15 is 0 Å². The highest BCUT2D eigenvalue weighted by atomic mass is 79.9. The molecule has 0 fully saturated rings. The van der Waals surface area contributed by atoms with Gasteiger partial charge in [-0.1, -0.05) is 0 Å². The Hall–Kier alpha value is -1.18. The van der Waals surface area contributed by atoms with Crippen molar-refractivity contribution in [3.05, 3.63) is 22.3 Å². The van der Waals surface area contributed by atoms with E-state index in [1.165, 1.54) is 0 Å². The average Bonchev–Trinajstić information content (AvgIpc) is 2.36. The van der Waals surface area contributed by atoms with E-state index in [4.69, 9.17) is 10.6 Å². The predicted octanol–water partition coefficient (Wildman–Crippen LogP) is 1.28. The molecule has 1 aromatic heterocycles. The van der Waals surface area contributed by atoms with Gasteiger partial charge in [0.05, 0.1) is 11.7 Å². The van der Waals surface area contributed by atoms with Crippen LogP contribution in [-0.2, 0) is 4.74 Å². The number of nitrogen functional groups attached to an aromatic ring is 1. The van der Waals surface area contributed by atoms with E-state index in [1.54, 1.807) is 12.3 Å². The van der Waals surface area contributed by atoms with E-state index in [9.17, 15) is 4.79 Å². The van der Waals surface area contributed by atoms with Crippen LogP contribution >= 0.6 is 15.9 Å². The van der Waals surface area contributed by atoms with Crippen molar-refractivity contribution in [1.82, 2.24) is 10.3 Å². The maximum Gasteiger partial charge on any atom is 0.255 e. The van der Waals surface area contributed by atoms with Gasteiger partial charge in [-0.25, -0.2) is 10.8 Å². The fourth-order valence-corrected chi connectivity index (χ4v) is 1.73. The van der Waals surface area contributed by atoms with Gasteiger partial charge < -0.3 is 15.5 Å². The first-order chi connectivity index (χ1) is 8.58. The Morgan fingerprint density at radius 1 is 1.67 bits per heavy atom. The molecular weight excluding hydrogens is 300 g/mol. The van der Waals surface area contributed by atoms with Crippen molar-refractivity contribution >= 4 is 27.7 Å². The zero-order valence-electron chi connectivity index (χ0n) is 10.4. The Morgan fingerprint density at radius 3 is 3.00 bits per heavy atom. The lowest BCUT2D eigenvalue weighted by Crippen LogP contribution is -2.33. The Morgan fingerprint density at radius 2 is 2.39 bits per heavy atom. The summed E-state index contributed by atoms with van der Waals surface area (Å²) in [5, 5.41) is 2.77. The predicted molar refractivity (Wildman–Crippen MR) is 73.2 cm³/mol. The molecule has 6 nitrogen and oxygen atoms in total. The lowest BCUT2D eigenvalue weighted by Gasteiger charge is -2.13. The number of nitrogens with zero attached hydrogens (tertiary/aromatic N) is 1. The van der Waals surface area contributed by atoms with Gasteiger partial charge in [0.1, 0.15) is 0 Å². The molecule has 0 aliphatic carbocycles. The SMILES string of the molecule is CCOC(C)CNC(=O)c1cc(Br)cnc1NN. The van der Waals surface area contributed by atoms with Gasteiger partial charge in [-0.3, -0.25) is 4.79 Å². The molecular formula is C11H17BrN4O2. The lowest BCUT2D eigenvalue weighted by atomic mass is 10.2. The van der Waals surface area contributed by atoms with Crippen LogP contribution in [-0.4, -0.2) is 30.1 Å². The van der Waals surface area contributed by atoms with Crippen LogP contribution in [0.3, 0.4) is 0 Å². The second-order valence-electron chi connectivity index (χ2n) is 3.67. The molecule has 1 unspecified atom stereocenters. The Balaban J connectivity index is 2.68. The van der Waals surface area contributed by atoms with Crippen LogP contribution in [0, 0.1) is 0 Å². The maximum absolute atomic E-state index is 12.0. The largest absolute Gasteiger partial charge is 0.377 e. The van der Waals surface area contributed by atoms with Gasteiger partial charge in [0.25, 0.3) is 5.91 Å². The molecule has 1 rings (SSSR count). The molecule has 7 heteroatoms. The van der Waals surface area contributed by atoms with Crippen molar-refractivity contribution in [3.63, 3.8) is 0 Å². The Kier molecular flexibility index (Phi) is 6.03. The number of hydrogen-bond acceptors (Lipinski definition) is 5. The van der Waals surface area contributed by atoms with E-state index < -0.39 is 0 Å². The van der Waals surface area contributed by atoms with Crippen LogP contribution in [0.25, 0.3) is 0 Å². The quantitative estimate of drug-likeness (QED) is 0.543. The Bertz CT molecular complexity index is 414. The average molecular weight is 317 g/mol. The molecule has 1 aromatic rings. The summed E-state index contributed by atoms with van der Waals surface area (Å²) in [5.41, 5.74) is 2.78. The smallest absolute Gasteiger partial charge is 0.255 e. The highest BCUT2D eigenvalue weighted by Crippen LogP contribution is 2.17. The molecule has 4 N–H and O–H groups in total. The first-order valence-electron chi connectivity index (χ1n) is 5.60. The number of ether oxygens (including phenoxy) is 1. The van der Waals surface area contributed by atoms with E-state index in [0.717, 1.165) is 0 Å². The van der Waals surface area contributed by atoms with Gasteiger partial charge in [-0.15, -0.1) is 0 Å². The number of rotatable bonds is 6. The zero-order valence-corrected chi connectivity index (χ0v) is 12.0. The second-order valence-corrected chi connectivity index (χ2v) is 4.59. The van der Waals surface area contributed by atoms with Gasteiger partial charge in [0, 0.05) is 23.8 Å². The number of carbonyl (C=O) groups excluding carboxylic acids is 1. The number of hydrazine groups is 1. The third-order valence-corrected chi connectivity index (χ3v) is 2.67. The number of nitrogens with one attached hydrogen (secondary N) is 2. The van der Waals surface area contributed by atoms with E-state index in [2.05, 4.69) is 31.7 Å². The minimum atomic E-state index is -0.247. The summed E-state index contributed by atoms with van der Waals surface area (Å²) in [6.45, 7) is 4.85.